The number of methoxy groups -OCH3 is 1. The smallest absolute Gasteiger partial charge is 0.333 e. The maximum atomic E-state index is 15.8. The van der Waals surface area contributed by atoms with E-state index >= 15 is 8.78 Å². The Bertz CT molecular complexity index is 1630. The quantitative estimate of drug-likeness (QED) is 0.321. The predicted octanol–water partition coefficient (Wildman–Crippen LogP) is 4.76. The second kappa shape index (κ2) is 9.43. The van der Waals surface area contributed by atoms with Crippen molar-refractivity contribution in [3.63, 3.8) is 0 Å². The van der Waals surface area contributed by atoms with E-state index in [1.165, 1.54) is 12.1 Å². The van der Waals surface area contributed by atoms with Gasteiger partial charge in [-0.05, 0) is 65.2 Å². The number of benzene rings is 3. The fraction of sp³-hybridized carbons (Fsp3) is 0.222. The number of aryl methyl sites for hydroxylation is 2. The minimum absolute atomic E-state index is 0.0748. The Hall–Kier alpha value is -4.65. The molecule has 0 N–H and O–H groups in total. The fourth-order valence-corrected chi connectivity index (χ4v) is 4.39. The second-order valence-corrected chi connectivity index (χ2v) is 8.77. The van der Waals surface area contributed by atoms with Crippen LogP contribution in [0.25, 0.3) is 10.9 Å². The van der Waals surface area contributed by atoms with E-state index in [0.717, 1.165) is 26.8 Å². The Morgan fingerprint density at radius 2 is 1.78 bits per heavy atom. The molecule has 0 unspecified atom stereocenters. The van der Waals surface area contributed by atoms with Gasteiger partial charge in [-0.25, -0.2) is 4.68 Å². The molecule has 0 amide bonds. The topological polar surface area (TPSA) is 94.4 Å². The third kappa shape index (κ3) is 4.40. The van der Waals surface area contributed by atoms with Gasteiger partial charge in [0.15, 0.2) is 0 Å². The highest BCUT2D eigenvalue weighted by atomic mass is 19.3. The molecule has 0 aliphatic carbocycles. The summed E-state index contributed by atoms with van der Waals surface area (Å²) in [4.78, 5) is 0. The number of hydrogen-bond donors (Lipinski definition) is 0. The third-order valence-corrected chi connectivity index (χ3v) is 6.44. The van der Waals surface area contributed by atoms with Crippen molar-refractivity contribution >= 4 is 10.9 Å². The van der Waals surface area contributed by atoms with Gasteiger partial charge in [0.1, 0.15) is 5.75 Å². The van der Waals surface area contributed by atoms with Crippen LogP contribution >= 0.6 is 0 Å². The highest BCUT2D eigenvalue weighted by molar-refractivity contribution is 5.83. The fourth-order valence-electron chi connectivity index (χ4n) is 4.39. The third-order valence-electron chi connectivity index (χ3n) is 6.44. The summed E-state index contributed by atoms with van der Waals surface area (Å²) in [6, 6.07) is 19.2. The first-order chi connectivity index (χ1) is 17.8. The number of rotatable bonds is 7. The molecular formula is C27H23F2N7O. The van der Waals surface area contributed by atoms with Gasteiger partial charge in [-0.2, -0.15) is 19.1 Å². The van der Waals surface area contributed by atoms with E-state index in [1.54, 1.807) is 48.2 Å². The highest BCUT2D eigenvalue weighted by Crippen LogP contribution is 2.36. The zero-order valence-electron chi connectivity index (χ0n) is 20.5. The van der Waals surface area contributed by atoms with Crippen molar-refractivity contribution in [2.24, 2.45) is 0 Å². The van der Waals surface area contributed by atoms with Crippen LogP contribution in [0.5, 0.6) is 5.75 Å². The van der Waals surface area contributed by atoms with Crippen LogP contribution in [0.4, 0.5) is 8.78 Å². The van der Waals surface area contributed by atoms with E-state index in [-0.39, 0.29) is 18.7 Å². The lowest BCUT2D eigenvalue weighted by atomic mass is 10.0. The minimum atomic E-state index is -3.46. The predicted molar refractivity (Wildman–Crippen MR) is 132 cm³/mol. The van der Waals surface area contributed by atoms with E-state index in [9.17, 15) is 5.26 Å². The van der Waals surface area contributed by atoms with E-state index < -0.39 is 11.7 Å². The van der Waals surface area contributed by atoms with Crippen LogP contribution in [0.1, 0.15) is 39.3 Å². The molecule has 0 fully saturated rings. The normalized spacial score (nSPS) is 11.6. The second-order valence-electron chi connectivity index (χ2n) is 8.77. The van der Waals surface area contributed by atoms with Gasteiger partial charge in [0.2, 0.25) is 5.82 Å². The van der Waals surface area contributed by atoms with Gasteiger partial charge >= 0.3 is 5.92 Å². The molecule has 0 spiro atoms. The van der Waals surface area contributed by atoms with Crippen molar-refractivity contribution in [2.45, 2.75) is 32.9 Å². The van der Waals surface area contributed by atoms with Gasteiger partial charge < -0.3 is 4.74 Å². The molecule has 0 aliphatic heterocycles. The van der Waals surface area contributed by atoms with E-state index in [0.29, 0.717) is 22.5 Å². The molecule has 0 atom stereocenters. The summed E-state index contributed by atoms with van der Waals surface area (Å²) >= 11 is 0. The van der Waals surface area contributed by atoms with Crippen molar-refractivity contribution in [3.05, 3.63) is 100.0 Å². The van der Waals surface area contributed by atoms with Crippen molar-refractivity contribution in [3.8, 4) is 11.8 Å². The summed E-state index contributed by atoms with van der Waals surface area (Å²) in [6.07, 6.45) is 0. The Balaban J connectivity index is 1.52. The average molecular weight is 500 g/mol. The number of aromatic nitrogens is 6. The Labute approximate surface area is 211 Å². The minimum Gasteiger partial charge on any atom is -0.497 e. The number of ether oxygens (including phenoxy) is 1. The molecule has 2 heterocycles. The Morgan fingerprint density at radius 3 is 2.51 bits per heavy atom. The van der Waals surface area contributed by atoms with Gasteiger partial charge in [-0.3, -0.25) is 4.68 Å². The Kier molecular flexibility index (Phi) is 6.13. The molecule has 5 aromatic rings. The van der Waals surface area contributed by atoms with Crippen LogP contribution < -0.4 is 4.74 Å². The van der Waals surface area contributed by atoms with Crippen LogP contribution in [0.15, 0.2) is 60.7 Å². The monoisotopic (exact) mass is 499 g/mol. The molecule has 0 aliphatic rings. The van der Waals surface area contributed by atoms with Crippen LogP contribution in [0.3, 0.4) is 0 Å². The first-order valence-corrected chi connectivity index (χ1v) is 11.6. The molecule has 3 aromatic carbocycles. The van der Waals surface area contributed by atoms with Gasteiger partial charge in [0.25, 0.3) is 0 Å². The number of hydrogen-bond acceptors (Lipinski definition) is 6. The molecule has 10 heteroatoms. The Morgan fingerprint density at radius 1 is 1.00 bits per heavy atom. The molecule has 0 bridgehead atoms. The van der Waals surface area contributed by atoms with E-state index in [4.69, 9.17) is 4.74 Å². The van der Waals surface area contributed by atoms with Crippen LogP contribution in [0, 0.1) is 25.2 Å². The highest BCUT2D eigenvalue weighted by Gasteiger charge is 2.40. The maximum absolute atomic E-state index is 15.8. The number of nitriles is 1. The van der Waals surface area contributed by atoms with Crippen molar-refractivity contribution in [1.29, 1.82) is 5.26 Å². The summed E-state index contributed by atoms with van der Waals surface area (Å²) in [5, 5.41) is 25.9. The number of fused-ring (bicyclic) bond motifs is 1. The summed E-state index contributed by atoms with van der Waals surface area (Å²) in [5.41, 5.74) is 4.00. The molecule has 0 saturated heterocycles. The molecule has 0 radical (unpaired) electrons. The summed E-state index contributed by atoms with van der Waals surface area (Å²) in [5.74, 6) is -3.36. The lowest BCUT2D eigenvalue weighted by Gasteiger charge is -2.17. The molecule has 5 rings (SSSR count). The molecule has 2 aromatic heterocycles. The summed E-state index contributed by atoms with van der Waals surface area (Å²) in [6.45, 7) is 4.10. The van der Waals surface area contributed by atoms with E-state index in [1.807, 2.05) is 26.0 Å². The van der Waals surface area contributed by atoms with Crippen LogP contribution in [-0.2, 0) is 19.0 Å². The maximum Gasteiger partial charge on any atom is 0.333 e. The van der Waals surface area contributed by atoms with Crippen LogP contribution in [-0.4, -0.2) is 37.1 Å². The lowest BCUT2D eigenvalue weighted by molar-refractivity contribution is 0.0281. The number of alkyl halides is 2. The summed E-state index contributed by atoms with van der Waals surface area (Å²) < 4.78 is 39.6. The summed E-state index contributed by atoms with van der Waals surface area (Å²) in [7, 11) is 1.56. The average Bonchev–Trinajstić information content (AvgIpc) is 3.50. The van der Waals surface area contributed by atoms with Crippen molar-refractivity contribution in [1.82, 2.24) is 30.0 Å². The molecule has 0 saturated carbocycles. The zero-order valence-corrected chi connectivity index (χ0v) is 20.5. The van der Waals surface area contributed by atoms with Crippen molar-refractivity contribution < 1.29 is 13.5 Å². The first kappa shape index (κ1) is 24.1. The van der Waals surface area contributed by atoms with E-state index in [2.05, 4.69) is 26.7 Å². The van der Waals surface area contributed by atoms with Gasteiger partial charge in [-0.15, -0.1) is 5.10 Å². The van der Waals surface area contributed by atoms with Gasteiger partial charge in [0, 0.05) is 10.9 Å². The molecule has 8 nitrogen and oxygen atoms in total. The number of tetrazole rings is 1. The van der Waals surface area contributed by atoms with Crippen molar-refractivity contribution in [2.75, 3.05) is 7.11 Å². The first-order valence-electron chi connectivity index (χ1n) is 11.6. The molecular weight excluding hydrogens is 476 g/mol. The SMILES string of the molecule is COc1ccc(Cn2nnnc2C(F)(F)c2ccc3c(C)nn(Cc4c(C)cccc4C#N)c3c2)cc1. The molecule has 37 heavy (non-hydrogen) atoms. The largest absolute Gasteiger partial charge is 0.497 e. The van der Waals surface area contributed by atoms with Crippen LogP contribution in [0.2, 0.25) is 0 Å². The standard InChI is InChI=1S/C27H23F2N7O/c1-17-5-4-6-20(14-30)24(17)16-35-25-13-21(9-12-23(25)18(2)32-35)27(28,29)26-31-33-34-36(26)15-19-7-10-22(37-3)11-8-19/h4-13H,15-16H2,1-3H3. The zero-order chi connectivity index (χ0) is 26.2. The van der Waals surface area contributed by atoms with Gasteiger partial charge in [0.05, 0.1) is 43.0 Å². The molecule has 186 valence electrons. The lowest BCUT2D eigenvalue weighted by Crippen LogP contribution is -2.23. The number of halogens is 2. The number of nitrogens with zero attached hydrogens (tertiary/aromatic N) is 7. The van der Waals surface area contributed by atoms with Gasteiger partial charge in [-0.1, -0.05) is 36.4 Å².